The van der Waals surface area contributed by atoms with Crippen LogP contribution in [0, 0.1) is 23.2 Å². The summed E-state index contributed by atoms with van der Waals surface area (Å²) in [5, 5.41) is 33.5. The van der Waals surface area contributed by atoms with Gasteiger partial charge in [-0.05, 0) is 37.2 Å². The van der Waals surface area contributed by atoms with E-state index in [-0.39, 0.29) is 25.0 Å². The number of nitriles is 1. The molecule has 4 N–H and O–H groups in total. The quantitative estimate of drug-likeness (QED) is 0.262. The first-order valence-electron chi connectivity index (χ1n) is 12.9. The highest BCUT2D eigenvalue weighted by Crippen LogP contribution is 2.36. The maximum atomic E-state index is 12.9. The molecule has 2 amide bonds. The lowest BCUT2D eigenvalue weighted by molar-refractivity contribution is -0.138. The molecule has 2 aliphatic rings. The number of carbonyl (C=O) groups is 2. The molecule has 1 unspecified atom stereocenters. The maximum absolute atomic E-state index is 12.9. The summed E-state index contributed by atoms with van der Waals surface area (Å²) in [6.45, 7) is -1.40. The molecule has 1 aliphatic carbocycles. The summed E-state index contributed by atoms with van der Waals surface area (Å²) in [6.07, 6.45) is -0.622. The van der Waals surface area contributed by atoms with Crippen molar-refractivity contribution >= 4 is 18.9 Å². The zero-order valence-corrected chi connectivity index (χ0v) is 21.1. The van der Waals surface area contributed by atoms with Gasteiger partial charge >= 0.3 is 13.3 Å². The van der Waals surface area contributed by atoms with Crippen molar-refractivity contribution in [2.75, 3.05) is 26.3 Å². The predicted octanol–water partition coefficient (Wildman–Crippen LogP) is 1.19. The van der Waals surface area contributed by atoms with Crippen LogP contribution in [0.2, 0.25) is 0 Å². The van der Waals surface area contributed by atoms with Gasteiger partial charge in [-0.1, -0.05) is 43.2 Å². The fraction of sp³-hybridized carbons (Fsp3) is 0.640. The Kier molecular flexibility index (Phi) is 11.0. The minimum Gasteiger partial charge on any atom is -0.426 e. The lowest BCUT2D eigenvalue weighted by atomic mass is 9.76. The Morgan fingerprint density at radius 1 is 1.21 bits per heavy atom. The number of rotatable bonds is 14. The van der Waals surface area contributed by atoms with Crippen molar-refractivity contribution < 1.29 is 37.5 Å². The van der Waals surface area contributed by atoms with Gasteiger partial charge in [-0.2, -0.15) is 18.4 Å². The summed E-state index contributed by atoms with van der Waals surface area (Å²) >= 11 is 0. The average molecular weight is 538 g/mol. The molecule has 0 radical (unpaired) electrons. The third-order valence-corrected chi connectivity index (χ3v) is 6.83. The summed E-state index contributed by atoms with van der Waals surface area (Å²) < 4.78 is 44.3. The fourth-order valence-electron chi connectivity index (χ4n) is 4.57. The molecule has 1 saturated carbocycles. The van der Waals surface area contributed by atoms with Crippen LogP contribution >= 0.6 is 0 Å². The number of likely N-dealkylation sites (tertiary alicyclic amines) is 1. The number of nitrogens with one attached hydrogen (secondary N) is 2. The van der Waals surface area contributed by atoms with Crippen LogP contribution in [-0.4, -0.2) is 84.4 Å². The van der Waals surface area contributed by atoms with E-state index in [0.29, 0.717) is 37.3 Å². The van der Waals surface area contributed by atoms with E-state index in [1.807, 2.05) is 0 Å². The van der Waals surface area contributed by atoms with Crippen molar-refractivity contribution in [2.45, 2.75) is 62.7 Å². The molecule has 1 aliphatic heterocycles. The number of amides is 2. The Morgan fingerprint density at radius 2 is 1.92 bits per heavy atom. The first kappa shape index (κ1) is 29.9. The fourth-order valence-corrected chi connectivity index (χ4v) is 4.57. The van der Waals surface area contributed by atoms with Crippen LogP contribution in [0.1, 0.15) is 37.7 Å². The molecule has 2 fully saturated rings. The number of halogens is 3. The molecule has 1 aromatic carbocycles. The molecular weight excluding hydrogens is 504 g/mol. The number of alkyl halides is 3. The third-order valence-electron chi connectivity index (χ3n) is 6.83. The summed E-state index contributed by atoms with van der Waals surface area (Å²) in [4.78, 5) is 27.4. The van der Waals surface area contributed by atoms with Gasteiger partial charge in [0.1, 0.15) is 12.0 Å². The summed E-state index contributed by atoms with van der Waals surface area (Å²) in [6, 6.07) is 9.02. The number of nitrogens with zero attached hydrogens (tertiary/aromatic N) is 2. The summed E-state index contributed by atoms with van der Waals surface area (Å²) in [7, 11) is -1.94. The molecule has 4 atom stereocenters. The molecule has 9 nitrogen and oxygen atoms in total. The van der Waals surface area contributed by atoms with Gasteiger partial charge in [0, 0.05) is 6.54 Å². The van der Waals surface area contributed by atoms with Crippen molar-refractivity contribution in [3.05, 3.63) is 35.9 Å². The smallest absolute Gasteiger partial charge is 0.426 e. The van der Waals surface area contributed by atoms with Gasteiger partial charge in [-0.3, -0.25) is 14.9 Å². The van der Waals surface area contributed by atoms with Crippen LogP contribution in [0.4, 0.5) is 13.2 Å². The third kappa shape index (κ3) is 9.58. The van der Waals surface area contributed by atoms with Gasteiger partial charge in [-0.25, -0.2) is 0 Å². The zero-order valence-electron chi connectivity index (χ0n) is 21.1. The van der Waals surface area contributed by atoms with Gasteiger partial charge in [-0.15, -0.1) is 0 Å². The van der Waals surface area contributed by atoms with Crippen molar-refractivity contribution in [2.24, 2.45) is 11.8 Å². The van der Waals surface area contributed by atoms with Crippen molar-refractivity contribution in [3.8, 4) is 6.07 Å². The number of benzene rings is 1. The Hall–Kier alpha value is -2.66. The molecule has 0 aromatic heterocycles. The van der Waals surface area contributed by atoms with E-state index < -0.39 is 50.3 Å². The number of hydrogen-bond acceptors (Lipinski definition) is 7. The van der Waals surface area contributed by atoms with Gasteiger partial charge in [0.15, 0.2) is 0 Å². The van der Waals surface area contributed by atoms with E-state index >= 15 is 0 Å². The lowest BCUT2D eigenvalue weighted by Gasteiger charge is -2.28. The molecule has 1 saturated heterocycles. The van der Waals surface area contributed by atoms with E-state index in [1.165, 1.54) is 0 Å². The lowest BCUT2D eigenvalue weighted by Crippen LogP contribution is -2.56. The molecule has 0 spiro atoms. The monoisotopic (exact) mass is 538 g/mol. The van der Waals surface area contributed by atoms with Crippen LogP contribution in [0.5, 0.6) is 0 Å². The molecule has 13 heteroatoms. The Bertz CT molecular complexity index is 959. The van der Waals surface area contributed by atoms with E-state index in [1.54, 1.807) is 35.2 Å². The van der Waals surface area contributed by atoms with Crippen LogP contribution in [-0.2, 0) is 20.7 Å². The Balaban J connectivity index is 1.58. The molecular formula is C25H34BF3N4O5. The minimum absolute atomic E-state index is 0.000857. The van der Waals surface area contributed by atoms with E-state index in [9.17, 15) is 38.1 Å². The Labute approximate surface area is 220 Å². The molecule has 0 bridgehead atoms. The molecule has 1 aromatic rings. The first-order valence-corrected chi connectivity index (χ1v) is 12.9. The van der Waals surface area contributed by atoms with Gasteiger partial charge in [0.05, 0.1) is 37.8 Å². The normalized spacial score (nSPS) is 19.9. The largest absolute Gasteiger partial charge is 0.475 e. The average Bonchev–Trinajstić information content (AvgIpc) is 3.58. The van der Waals surface area contributed by atoms with E-state index in [4.69, 9.17) is 4.74 Å². The Morgan fingerprint density at radius 3 is 2.53 bits per heavy atom. The second-order valence-electron chi connectivity index (χ2n) is 9.99. The second kappa shape index (κ2) is 13.9. The van der Waals surface area contributed by atoms with Crippen molar-refractivity contribution in [3.63, 3.8) is 0 Å². The predicted molar refractivity (Wildman–Crippen MR) is 132 cm³/mol. The van der Waals surface area contributed by atoms with E-state index in [2.05, 4.69) is 16.7 Å². The second-order valence-corrected chi connectivity index (χ2v) is 9.99. The van der Waals surface area contributed by atoms with Crippen LogP contribution in [0.3, 0.4) is 0 Å². The number of carbonyl (C=O) groups excluding carboxylic acids is 2. The van der Waals surface area contributed by atoms with Crippen LogP contribution in [0.15, 0.2) is 30.3 Å². The van der Waals surface area contributed by atoms with E-state index in [0.717, 1.165) is 12.8 Å². The van der Waals surface area contributed by atoms with Crippen molar-refractivity contribution in [1.82, 2.24) is 15.5 Å². The number of hydrogen-bond donors (Lipinski definition) is 4. The highest BCUT2D eigenvalue weighted by atomic mass is 19.4. The minimum atomic E-state index is -4.58. The van der Waals surface area contributed by atoms with Gasteiger partial charge in [0.2, 0.25) is 11.8 Å². The summed E-state index contributed by atoms with van der Waals surface area (Å²) in [5.41, 5.74) is 0.699. The highest BCUT2D eigenvalue weighted by molar-refractivity contribution is 6.43. The topological polar surface area (TPSA) is 135 Å². The van der Waals surface area contributed by atoms with Crippen LogP contribution in [0.25, 0.3) is 0 Å². The maximum Gasteiger partial charge on any atom is 0.475 e. The van der Waals surface area contributed by atoms with Crippen molar-refractivity contribution in [1.29, 1.82) is 5.26 Å². The van der Waals surface area contributed by atoms with Gasteiger partial charge in [0.25, 0.3) is 0 Å². The molecule has 3 rings (SSSR count). The SMILES string of the molecule is N#CC(CC1CC1)C(=O)N1CCC[C@@H]1COC[C@H](NCC(F)(F)F)C(=O)N[C@@H](Cc1ccccc1)B(O)O. The summed E-state index contributed by atoms with van der Waals surface area (Å²) in [5.74, 6) is -2.60. The van der Waals surface area contributed by atoms with Gasteiger partial charge < -0.3 is 25.0 Å². The molecule has 208 valence electrons. The van der Waals surface area contributed by atoms with Crippen LogP contribution < -0.4 is 10.6 Å². The molecule has 1 heterocycles. The molecule has 38 heavy (non-hydrogen) atoms. The zero-order chi connectivity index (χ0) is 27.7. The number of ether oxygens (including phenoxy) is 1. The standard InChI is InChI=1S/C25H34BF3N4O5/c27-25(28,29)16-31-21(23(34)32-22(26(36)37)12-17-5-2-1-3-6-17)15-38-14-20-7-4-10-33(20)24(35)19(13-30)11-18-8-9-18/h1-3,5-6,18-22,31,36-37H,4,7-12,14-16H2,(H,32,34)/t19?,20-,21+,22+/m1/s1. The highest BCUT2D eigenvalue weighted by Gasteiger charge is 2.37. The first-order chi connectivity index (χ1) is 18.1.